The van der Waals surface area contributed by atoms with Crippen LogP contribution >= 0.6 is 0 Å². The zero-order valence-electron chi connectivity index (χ0n) is 10.5. The van der Waals surface area contributed by atoms with Gasteiger partial charge in [0, 0.05) is 0 Å². The molecule has 1 atom stereocenters. The predicted molar refractivity (Wildman–Crippen MR) is 67.1 cm³/mol. The zero-order valence-corrected chi connectivity index (χ0v) is 10.5. The van der Waals surface area contributed by atoms with Crippen LogP contribution in [-0.4, -0.2) is 5.11 Å². The van der Waals surface area contributed by atoms with Gasteiger partial charge in [0.25, 0.3) is 0 Å². The first kappa shape index (κ1) is 13.5. The minimum atomic E-state index is -1.01. The van der Waals surface area contributed by atoms with Gasteiger partial charge in [-0.15, -0.1) is 0 Å². The van der Waals surface area contributed by atoms with Crippen molar-refractivity contribution in [3.63, 3.8) is 0 Å². The molecule has 0 saturated heterocycles. The Balaban J connectivity index is 2.15. The third-order valence-corrected chi connectivity index (χ3v) is 3.89. The average molecular weight is 254 g/mol. The van der Waals surface area contributed by atoms with Gasteiger partial charge in [0.1, 0.15) is 11.6 Å². The van der Waals surface area contributed by atoms with Gasteiger partial charge in [-0.25, -0.2) is 8.78 Å². The fourth-order valence-corrected chi connectivity index (χ4v) is 2.83. The van der Waals surface area contributed by atoms with Crippen LogP contribution in [0.4, 0.5) is 8.78 Å². The van der Waals surface area contributed by atoms with E-state index >= 15 is 0 Å². The highest BCUT2D eigenvalue weighted by Crippen LogP contribution is 2.34. The molecule has 1 saturated carbocycles. The summed E-state index contributed by atoms with van der Waals surface area (Å²) in [6, 6.07) is 3.76. The Morgan fingerprint density at radius 3 is 2.00 bits per heavy atom. The normalized spacial score (nSPS) is 20.2. The Labute approximate surface area is 107 Å². The highest BCUT2D eigenvalue weighted by atomic mass is 19.1. The lowest BCUT2D eigenvalue weighted by Crippen LogP contribution is -2.17. The summed E-state index contributed by atoms with van der Waals surface area (Å²) in [5, 5.41) is 10.2. The summed E-state index contributed by atoms with van der Waals surface area (Å²) >= 11 is 0. The molecule has 1 aromatic carbocycles. The molecule has 1 fully saturated rings. The second-order valence-corrected chi connectivity index (χ2v) is 5.19. The Morgan fingerprint density at radius 2 is 1.44 bits per heavy atom. The van der Waals surface area contributed by atoms with E-state index in [-0.39, 0.29) is 11.5 Å². The van der Waals surface area contributed by atoms with Crippen LogP contribution in [0.15, 0.2) is 18.2 Å². The van der Waals surface area contributed by atoms with Crippen molar-refractivity contribution in [1.82, 2.24) is 0 Å². The van der Waals surface area contributed by atoms with Crippen LogP contribution < -0.4 is 0 Å². The number of hydrogen-bond acceptors (Lipinski definition) is 1. The van der Waals surface area contributed by atoms with E-state index in [1.807, 2.05) is 0 Å². The summed E-state index contributed by atoms with van der Waals surface area (Å²) in [5.74, 6) is -1.29. The summed E-state index contributed by atoms with van der Waals surface area (Å²) in [6.45, 7) is 0. The van der Waals surface area contributed by atoms with Crippen LogP contribution in [0.25, 0.3) is 0 Å². The van der Waals surface area contributed by atoms with Crippen LogP contribution in [0.1, 0.15) is 56.6 Å². The van der Waals surface area contributed by atoms with Gasteiger partial charge >= 0.3 is 0 Å². The molecule has 1 aliphatic rings. The first-order valence-corrected chi connectivity index (χ1v) is 6.82. The van der Waals surface area contributed by atoms with Gasteiger partial charge in [-0.05, 0) is 30.9 Å². The summed E-state index contributed by atoms with van der Waals surface area (Å²) in [5.41, 5.74) is -0.150. The molecular formula is C15H20F2O. The molecule has 0 heterocycles. The van der Waals surface area contributed by atoms with Gasteiger partial charge in [-0.2, -0.15) is 0 Å². The molecule has 2 rings (SSSR count). The van der Waals surface area contributed by atoms with E-state index in [4.69, 9.17) is 0 Å². The van der Waals surface area contributed by atoms with Crippen LogP contribution in [0, 0.1) is 17.6 Å². The largest absolute Gasteiger partial charge is 0.388 e. The van der Waals surface area contributed by atoms with Crippen molar-refractivity contribution >= 4 is 0 Å². The SMILES string of the molecule is OC(c1c(F)cccc1F)C1CCCCCCC1. The minimum absolute atomic E-state index is 0.0169. The molecule has 0 spiro atoms. The van der Waals surface area contributed by atoms with E-state index in [1.165, 1.54) is 24.6 Å². The fraction of sp³-hybridized carbons (Fsp3) is 0.600. The average Bonchev–Trinajstić information content (AvgIpc) is 2.27. The van der Waals surface area contributed by atoms with Crippen LogP contribution in [0.2, 0.25) is 0 Å². The number of rotatable bonds is 2. The molecule has 1 aromatic rings. The van der Waals surface area contributed by atoms with Crippen molar-refractivity contribution in [1.29, 1.82) is 0 Å². The van der Waals surface area contributed by atoms with E-state index in [2.05, 4.69) is 0 Å². The highest BCUT2D eigenvalue weighted by molar-refractivity contribution is 5.22. The number of aliphatic hydroxyl groups excluding tert-OH is 1. The predicted octanol–water partition coefficient (Wildman–Crippen LogP) is 4.36. The maximum absolute atomic E-state index is 13.6. The Morgan fingerprint density at radius 1 is 0.944 bits per heavy atom. The molecule has 1 nitrogen and oxygen atoms in total. The third-order valence-electron chi connectivity index (χ3n) is 3.89. The topological polar surface area (TPSA) is 20.2 Å². The quantitative estimate of drug-likeness (QED) is 0.831. The van der Waals surface area contributed by atoms with E-state index in [0.717, 1.165) is 38.5 Å². The lowest BCUT2D eigenvalue weighted by Gasteiger charge is -2.25. The van der Waals surface area contributed by atoms with Gasteiger partial charge in [0.15, 0.2) is 0 Å². The summed E-state index contributed by atoms with van der Waals surface area (Å²) in [6.07, 6.45) is 6.33. The van der Waals surface area contributed by atoms with Crippen LogP contribution in [-0.2, 0) is 0 Å². The molecule has 0 aromatic heterocycles. The number of halogens is 2. The van der Waals surface area contributed by atoms with Crippen LogP contribution in [0.3, 0.4) is 0 Å². The zero-order chi connectivity index (χ0) is 13.0. The van der Waals surface area contributed by atoms with E-state index in [0.29, 0.717) is 0 Å². The van der Waals surface area contributed by atoms with Crippen molar-refractivity contribution < 1.29 is 13.9 Å². The van der Waals surface area contributed by atoms with Crippen molar-refractivity contribution in [3.8, 4) is 0 Å². The molecule has 0 amide bonds. The number of benzene rings is 1. The Kier molecular flexibility index (Phi) is 4.70. The van der Waals surface area contributed by atoms with Gasteiger partial charge in [0.05, 0.1) is 11.7 Å². The van der Waals surface area contributed by atoms with E-state index in [9.17, 15) is 13.9 Å². The van der Waals surface area contributed by atoms with Crippen molar-refractivity contribution in [2.75, 3.05) is 0 Å². The molecule has 3 heteroatoms. The first-order chi connectivity index (χ1) is 8.70. The highest BCUT2D eigenvalue weighted by Gasteiger charge is 2.26. The second kappa shape index (κ2) is 6.28. The van der Waals surface area contributed by atoms with Crippen molar-refractivity contribution in [2.24, 2.45) is 5.92 Å². The molecule has 1 aliphatic carbocycles. The number of aliphatic hydroxyl groups is 1. The molecule has 0 aliphatic heterocycles. The standard InChI is InChI=1S/C15H20F2O/c16-12-9-6-10-13(17)14(12)15(18)11-7-4-2-1-3-5-8-11/h6,9-11,15,18H,1-5,7-8H2. The van der Waals surface area contributed by atoms with Crippen molar-refractivity contribution in [2.45, 2.75) is 51.0 Å². The van der Waals surface area contributed by atoms with Gasteiger partial charge in [-0.1, -0.05) is 38.2 Å². The monoisotopic (exact) mass is 254 g/mol. The van der Waals surface area contributed by atoms with Gasteiger partial charge < -0.3 is 5.11 Å². The van der Waals surface area contributed by atoms with Crippen LogP contribution in [0.5, 0.6) is 0 Å². The lowest BCUT2D eigenvalue weighted by molar-refractivity contribution is 0.0843. The lowest BCUT2D eigenvalue weighted by atomic mass is 9.84. The fourth-order valence-electron chi connectivity index (χ4n) is 2.83. The molecule has 1 N–H and O–H groups in total. The van der Waals surface area contributed by atoms with E-state index in [1.54, 1.807) is 0 Å². The third kappa shape index (κ3) is 3.08. The van der Waals surface area contributed by atoms with Gasteiger partial charge in [-0.3, -0.25) is 0 Å². The molecule has 0 radical (unpaired) electrons. The maximum Gasteiger partial charge on any atom is 0.131 e. The molecule has 18 heavy (non-hydrogen) atoms. The number of hydrogen-bond donors (Lipinski definition) is 1. The van der Waals surface area contributed by atoms with E-state index < -0.39 is 17.7 Å². The maximum atomic E-state index is 13.6. The summed E-state index contributed by atoms with van der Waals surface area (Å²) in [7, 11) is 0. The molecular weight excluding hydrogens is 234 g/mol. The Hall–Kier alpha value is -0.960. The second-order valence-electron chi connectivity index (χ2n) is 5.19. The summed E-state index contributed by atoms with van der Waals surface area (Å²) < 4.78 is 27.3. The molecule has 100 valence electrons. The molecule has 1 unspecified atom stereocenters. The smallest absolute Gasteiger partial charge is 0.131 e. The first-order valence-electron chi connectivity index (χ1n) is 6.82. The van der Waals surface area contributed by atoms with Crippen molar-refractivity contribution in [3.05, 3.63) is 35.4 Å². The molecule has 0 bridgehead atoms. The Bertz CT molecular complexity index is 364. The minimum Gasteiger partial charge on any atom is -0.388 e. The van der Waals surface area contributed by atoms with Gasteiger partial charge in [0.2, 0.25) is 0 Å². The summed E-state index contributed by atoms with van der Waals surface area (Å²) in [4.78, 5) is 0.